The van der Waals surface area contributed by atoms with Crippen LogP contribution in [0, 0.1) is 0 Å². The van der Waals surface area contributed by atoms with Crippen LogP contribution in [0.25, 0.3) is 0 Å². The Labute approximate surface area is 151 Å². The van der Waals surface area contributed by atoms with Crippen molar-refractivity contribution in [2.75, 3.05) is 100 Å². The molecule has 0 radical (unpaired) electrons. The van der Waals surface area contributed by atoms with Crippen LogP contribution in [0.4, 0.5) is 0 Å². The van der Waals surface area contributed by atoms with E-state index in [1.54, 1.807) is 14.2 Å². The average Bonchev–Trinajstić information content (AvgIpc) is 3.07. The van der Waals surface area contributed by atoms with Crippen molar-refractivity contribution in [1.29, 1.82) is 0 Å². The minimum absolute atomic E-state index is 0.609. The van der Waals surface area contributed by atoms with Gasteiger partial charge in [-0.2, -0.15) is 0 Å². The zero-order valence-corrected chi connectivity index (χ0v) is 15.7. The SMILES string of the molecule is COCCOCCOCCN1C=CN(CCOCCOCCOC)C1. The van der Waals surface area contributed by atoms with Gasteiger partial charge in [0.05, 0.1) is 72.7 Å². The summed E-state index contributed by atoms with van der Waals surface area (Å²) in [6.07, 6.45) is 4.18. The van der Waals surface area contributed by atoms with E-state index >= 15 is 0 Å². The summed E-state index contributed by atoms with van der Waals surface area (Å²) in [5.74, 6) is 0. The van der Waals surface area contributed by atoms with Crippen molar-refractivity contribution in [3.05, 3.63) is 12.4 Å². The van der Waals surface area contributed by atoms with Crippen LogP contribution in [0.3, 0.4) is 0 Å². The summed E-state index contributed by atoms with van der Waals surface area (Å²) in [7, 11) is 3.33. The topological polar surface area (TPSA) is 61.9 Å². The van der Waals surface area contributed by atoms with Crippen molar-refractivity contribution in [1.82, 2.24) is 9.80 Å². The Morgan fingerprint density at radius 1 is 0.560 bits per heavy atom. The van der Waals surface area contributed by atoms with E-state index in [0.717, 1.165) is 19.8 Å². The van der Waals surface area contributed by atoms with Crippen LogP contribution in [0.1, 0.15) is 0 Å². The molecule has 0 amide bonds. The lowest BCUT2D eigenvalue weighted by Gasteiger charge is -2.21. The normalized spacial score (nSPS) is 14.0. The third kappa shape index (κ3) is 13.0. The molecule has 148 valence electrons. The second-order valence-corrected chi connectivity index (χ2v) is 5.50. The Bertz CT molecular complexity index is 292. The highest BCUT2D eigenvalue weighted by molar-refractivity contribution is 4.90. The molecular formula is C17H34N2O6. The summed E-state index contributed by atoms with van der Waals surface area (Å²) >= 11 is 0. The quantitative estimate of drug-likeness (QED) is 0.325. The zero-order chi connectivity index (χ0) is 18.0. The van der Waals surface area contributed by atoms with Gasteiger partial charge in [0.25, 0.3) is 0 Å². The fourth-order valence-electron chi connectivity index (χ4n) is 2.10. The largest absolute Gasteiger partial charge is 0.382 e. The van der Waals surface area contributed by atoms with Crippen LogP contribution in [0.5, 0.6) is 0 Å². The molecule has 0 aliphatic carbocycles. The van der Waals surface area contributed by atoms with Gasteiger partial charge in [0.1, 0.15) is 0 Å². The molecule has 1 aliphatic rings. The fraction of sp³-hybridized carbons (Fsp3) is 0.882. The highest BCUT2D eigenvalue weighted by Crippen LogP contribution is 2.05. The first-order valence-corrected chi connectivity index (χ1v) is 8.82. The lowest BCUT2D eigenvalue weighted by molar-refractivity contribution is 0.0175. The third-order valence-corrected chi connectivity index (χ3v) is 3.50. The van der Waals surface area contributed by atoms with Crippen molar-refractivity contribution in [2.45, 2.75) is 0 Å². The molecule has 0 saturated carbocycles. The molecule has 25 heavy (non-hydrogen) atoms. The van der Waals surface area contributed by atoms with E-state index in [4.69, 9.17) is 28.4 Å². The molecule has 0 N–H and O–H groups in total. The summed E-state index contributed by atoms with van der Waals surface area (Å²) < 4.78 is 31.6. The first kappa shape index (κ1) is 22.1. The van der Waals surface area contributed by atoms with Crippen molar-refractivity contribution >= 4 is 0 Å². The van der Waals surface area contributed by atoms with Gasteiger partial charge >= 0.3 is 0 Å². The second kappa shape index (κ2) is 16.6. The summed E-state index contributed by atoms with van der Waals surface area (Å²) in [6.45, 7) is 8.95. The first-order chi connectivity index (χ1) is 12.4. The number of rotatable bonds is 18. The Kier molecular flexibility index (Phi) is 14.7. The zero-order valence-electron chi connectivity index (χ0n) is 15.7. The molecule has 8 heteroatoms. The van der Waals surface area contributed by atoms with Crippen LogP contribution in [-0.2, 0) is 28.4 Å². The summed E-state index contributed by atoms with van der Waals surface area (Å²) in [6, 6.07) is 0. The highest BCUT2D eigenvalue weighted by Gasteiger charge is 2.11. The predicted octanol–water partition coefficient (Wildman–Crippen LogP) is 0.392. The van der Waals surface area contributed by atoms with Gasteiger partial charge in [-0.15, -0.1) is 0 Å². The molecule has 1 aliphatic heterocycles. The maximum absolute atomic E-state index is 5.56. The van der Waals surface area contributed by atoms with Crippen LogP contribution < -0.4 is 0 Å². The lowest BCUT2D eigenvalue weighted by atomic mass is 10.6. The lowest BCUT2D eigenvalue weighted by Crippen LogP contribution is -2.30. The number of nitrogens with zero attached hydrogens (tertiary/aromatic N) is 2. The van der Waals surface area contributed by atoms with Crippen LogP contribution >= 0.6 is 0 Å². The molecule has 8 nitrogen and oxygen atoms in total. The number of methoxy groups -OCH3 is 2. The van der Waals surface area contributed by atoms with Crippen molar-refractivity contribution in [3.8, 4) is 0 Å². The Balaban J connectivity index is 1.84. The van der Waals surface area contributed by atoms with Gasteiger partial charge in [-0.25, -0.2) is 0 Å². The maximum Gasteiger partial charge on any atom is 0.0895 e. The highest BCUT2D eigenvalue weighted by atomic mass is 16.5. The van der Waals surface area contributed by atoms with Crippen LogP contribution in [-0.4, -0.2) is 110 Å². The van der Waals surface area contributed by atoms with Crippen molar-refractivity contribution < 1.29 is 28.4 Å². The van der Waals surface area contributed by atoms with E-state index in [1.165, 1.54) is 0 Å². The minimum atomic E-state index is 0.609. The van der Waals surface area contributed by atoms with Gasteiger partial charge in [-0.05, 0) is 0 Å². The van der Waals surface area contributed by atoms with Gasteiger partial charge < -0.3 is 38.2 Å². The molecule has 0 saturated heterocycles. The van der Waals surface area contributed by atoms with E-state index in [9.17, 15) is 0 Å². The number of hydrogen-bond acceptors (Lipinski definition) is 8. The Hall–Kier alpha value is -0.900. The predicted molar refractivity (Wildman–Crippen MR) is 94.4 cm³/mol. The van der Waals surface area contributed by atoms with Gasteiger partial charge in [0.15, 0.2) is 0 Å². The average molecular weight is 362 g/mol. The van der Waals surface area contributed by atoms with E-state index < -0.39 is 0 Å². The number of ether oxygens (including phenoxy) is 6. The molecule has 0 unspecified atom stereocenters. The molecule has 1 rings (SSSR count). The van der Waals surface area contributed by atoms with Crippen molar-refractivity contribution in [2.24, 2.45) is 0 Å². The van der Waals surface area contributed by atoms with E-state index in [2.05, 4.69) is 22.2 Å². The molecule has 0 bridgehead atoms. The van der Waals surface area contributed by atoms with E-state index in [-0.39, 0.29) is 0 Å². The standard InChI is InChI=1S/C17H34N2O6/c1-20-9-11-24-15-13-22-7-5-18-3-4-19(17-18)6-8-23-14-16-25-12-10-21-2/h3-4H,5-17H2,1-2H3. The first-order valence-electron chi connectivity index (χ1n) is 8.82. The maximum atomic E-state index is 5.56. The van der Waals surface area contributed by atoms with E-state index in [0.29, 0.717) is 66.1 Å². The minimum Gasteiger partial charge on any atom is -0.382 e. The summed E-state index contributed by atoms with van der Waals surface area (Å²) in [5, 5.41) is 0. The Morgan fingerprint density at radius 2 is 0.920 bits per heavy atom. The van der Waals surface area contributed by atoms with Crippen LogP contribution in [0.2, 0.25) is 0 Å². The molecular weight excluding hydrogens is 328 g/mol. The summed E-state index contributed by atoms with van der Waals surface area (Å²) in [4.78, 5) is 4.44. The second-order valence-electron chi connectivity index (χ2n) is 5.50. The number of hydrogen-bond donors (Lipinski definition) is 0. The van der Waals surface area contributed by atoms with Gasteiger partial charge in [0.2, 0.25) is 0 Å². The van der Waals surface area contributed by atoms with Gasteiger partial charge in [-0.1, -0.05) is 0 Å². The third-order valence-electron chi connectivity index (χ3n) is 3.50. The molecule has 0 aromatic carbocycles. The Morgan fingerprint density at radius 3 is 1.32 bits per heavy atom. The fourth-order valence-corrected chi connectivity index (χ4v) is 2.10. The van der Waals surface area contributed by atoms with E-state index in [1.807, 2.05) is 0 Å². The molecule has 0 fully saturated rings. The molecule has 0 aromatic rings. The summed E-state index contributed by atoms with van der Waals surface area (Å²) in [5.41, 5.74) is 0. The van der Waals surface area contributed by atoms with Crippen molar-refractivity contribution in [3.63, 3.8) is 0 Å². The van der Waals surface area contributed by atoms with Gasteiger partial charge in [-0.3, -0.25) is 0 Å². The van der Waals surface area contributed by atoms with Crippen LogP contribution in [0.15, 0.2) is 12.4 Å². The molecule has 0 aromatic heterocycles. The smallest absolute Gasteiger partial charge is 0.0895 e. The monoisotopic (exact) mass is 362 g/mol. The molecule has 0 spiro atoms. The molecule has 0 atom stereocenters. The molecule has 1 heterocycles. The van der Waals surface area contributed by atoms with Gasteiger partial charge in [0, 0.05) is 39.7 Å².